The first-order valence-corrected chi connectivity index (χ1v) is 40.1. The van der Waals surface area contributed by atoms with Crippen LogP contribution in [0.3, 0.4) is 0 Å². The number of hydrogen-bond acceptors (Lipinski definition) is 13. The van der Waals surface area contributed by atoms with Crippen molar-refractivity contribution in [3.63, 3.8) is 0 Å². The predicted molar refractivity (Wildman–Crippen MR) is 445 cm³/mol. The summed E-state index contributed by atoms with van der Waals surface area (Å²) in [5.41, 5.74) is 22.1. The second kappa shape index (κ2) is 81.0. The number of thioether (sulfide) groups is 1. The molecular weight excluding hydrogens is 1410 g/mol. The molecule has 0 radical (unpaired) electrons. The van der Waals surface area contributed by atoms with Gasteiger partial charge in [0.2, 0.25) is 0 Å². The van der Waals surface area contributed by atoms with E-state index in [0.29, 0.717) is 19.0 Å². The molecule has 0 aliphatic carbocycles. The van der Waals surface area contributed by atoms with E-state index in [0.717, 1.165) is 182 Å². The van der Waals surface area contributed by atoms with Crippen molar-refractivity contribution in [3.05, 3.63) is 192 Å². The first-order valence-electron chi connectivity index (χ1n) is 36.1. The molecule has 0 amide bonds. The summed E-state index contributed by atoms with van der Waals surface area (Å²) in [6.07, 6.45) is 39.4. The predicted octanol–water partition coefficient (Wildman–Crippen LogP) is 18.0. The Morgan fingerprint density at radius 1 is 0.578 bits per heavy atom. The zero-order chi connectivity index (χ0) is 76.8. The van der Waals surface area contributed by atoms with Gasteiger partial charge in [-0.25, -0.2) is 0 Å². The maximum atomic E-state index is 12.0. The molecule has 102 heavy (non-hydrogen) atoms. The molecule has 586 valence electrons. The van der Waals surface area contributed by atoms with E-state index in [1.165, 1.54) is 88.7 Å². The number of alkyl halides is 1. The minimum atomic E-state index is -3.67. The number of halogens is 2. The fourth-order valence-electron chi connectivity index (χ4n) is 7.94. The summed E-state index contributed by atoms with van der Waals surface area (Å²) in [6, 6.07) is 6.63. The minimum Gasteiger partial charge on any atom is -1.00 e. The van der Waals surface area contributed by atoms with Crippen LogP contribution in [0.5, 0.6) is 0 Å². The maximum absolute atomic E-state index is 12.0. The smallest absolute Gasteiger partial charge is 1.00 e. The van der Waals surface area contributed by atoms with Crippen molar-refractivity contribution in [2.45, 2.75) is 256 Å². The van der Waals surface area contributed by atoms with Crippen LogP contribution in [0.4, 0.5) is 0 Å². The molecule has 17 heteroatoms. The van der Waals surface area contributed by atoms with Crippen molar-refractivity contribution < 1.29 is 82.0 Å². The molecule has 0 spiro atoms. The van der Waals surface area contributed by atoms with Crippen LogP contribution in [0.15, 0.2) is 184 Å². The molecule has 2 unspecified atom stereocenters. The normalized spacial score (nSPS) is 15.1. The Balaban J connectivity index is -0.000000204. The van der Waals surface area contributed by atoms with Crippen molar-refractivity contribution in [3.8, 4) is 0 Å². The average molecular weight is 1560 g/mol. The van der Waals surface area contributed by atoms with Gasteiger partial charge in [-0.15, -0.1) is 62.8 Å². The molecule has 4 rings (SSSR count). The van der Waals surface area contributed by atoms with Crippen LogP contribution in [0, 0.1) is 13.8 Å². The SMILES string of the molecule is C1CCOC1.C=C(C)CC/C=C(\C)CCCOC1CCCCO1.C=C(C)CC/C=C(\C)CN.C=C(C)CC/C=C(\C)CO.C=C(C)CC/C=C(\C)COCSC.C=C(C)CC/C=C(\C)COS(=O)(=O)c1ccc(C)cc1.C=C(C)CC/C=C(\C)CS.C=C(C)CCl.[Br-].[CH2-]COC1CCCCO1.[Li+]. The number of benzene rings is 1. The fourth-order valence-corrected chi connectivity index (χ4v) is 9.27. The summed E-state index contributed by atoms with van der Waals surface area (Å²) in [7, 11) is -3.67. The molecule has 0 saturated carbocycles. The van der Waals surface area contributed by atoms with E-state index < -0.39 is 10.1 Å². The quantitative estimate of drug-likeness (QED) is 0.00852. The van der Waals surface area contributed by atoms with Crippen molar-refractivity contribution in [2.24, 2.45) is 5.73 Å². The van der Waals surface area contributed by atoms with Crippen LogP contribution in [-0.2, 0) is 42.7 Å². The van der Waals surface area contributed by atoms with E-state index in [2.05, 4.69) is 144 Å². The molecule has 1 aromatic carbocycles. The first-order chi connectivity index (χ1) is 47.3. The summed E-state index contributed by atoms with van der Waals surface area (Å²) in [5, 5.41) is 8.61. The molecule has 3 aliphatic rings. The van der Waals surface area contributed by atoms with Crippen LogP contribution in [-0.4, -0.2) is 116 Å². The number of ether oxygens (including phenoxy) is 6. The molecular formula is C85H147BrClLiNO10S3-. The van der Waals surface area contributed by atoms with Gasteiger partial charge in [-0.05, 0) is 257 Å². The Morgan fingerprint density at radius 2 is 0.951 bits per heavy atom. The van der Waals surface area contributed by atoms with Gasteiger partial charge in [-0.2, -0.15) is 21.0 Å². The molecule has 0 bridgehead atoms. The van der Waals surface area contributed by atoms with Gasteiger partial charge in [0.1, 0.15) is 0 Å². The summed E-state index contributed by atoms with van der Waals surface area (Å²) in [4.78, 5) is 0.192. The Hall–Kier alpha value is -2.50. The third-order valence-electron chi connectivity index (χ3n) is 14.1. The monoisotopic (exact) mass is 1560 g/mol. The average Bonchev–Trinajstić information content (AvgIpc) is 0.895. The van der Waals surface area contributed by atoms with Crippen molar-refractivity contribution >= 4 is 46.1 Å². The Kier molecular flexibility index (Phi) is 89.6. The second-order valence-corrected chi connectivity index (χ2v) is 29.4. The van der Waals surface area contributed by atoms with E-state index in [9.17, 15) is 8.42 Å². The third-order valence-corrected chi connectivity index (χ3v) is 16.8. The van der Waals surface area contributed by atoms with Crippen molar-refractivity contribution in [2.75, 3.05) is 89.8 Å². The van der Waals surface area contributed by atoms with Gasteiger partial charge in [0.25, 0.3) is 10.1 Å². The largest absolute Gasteiger partial charge is 1.00 e. The number of aliphatic hydroxyl groups excluding tert-OH is 1. The van der Waals surface area contributed by atoms with Crippen LogP contribution >= 0.6 is 36.0 Å². The molecule has 3 saturated heterocycles. The molecule has 3 heterocycles. The molecule has 3 fully saturated rings. The summed E-state index contributed by atoms with van der Waals surface area (Å²) < 4.78 is 61.0. The number of hydrogen-bond donors (Lipinski definition) is 3. The number of allylic oxidation sites excluding steroid dienone is 14. The van der Waals surface area contributed by atoms with Gasteiger partial charge in [-0.1, -0.05) is 140 Å². The van der Waals surface area contributed by atoms with Gasteiger partial charge in [-0.3, -0.25) is 4.18 Å². The molecule has 2 atom stereocenters. The minimum absolute atomic E-state index is 0. The maximum Gasteiger partial charge on any atom is 1.00 e. The van der Waals surface area contributed by atoms with E-state index in [1.807, 2.05) is 60.8 Å². The number of aryl methyl sites for hydroxylation is 1. The van der Waals surface area contributed by atoms with E-state index >= 15 is 0 Å². The molecule has 0 aromatic heterocycles. The first kappa shape index (κ1) is 113. The number of nitrogens with two attached hydrogens (primary N) is 1. The molecule has 1 aromatic rings. The molecule has 11 nitrogen and oxygen atoms in total. The standard InChI is InChI=1S/C16H22O3S.C16H28O2.C11H20OS.C9H17N.C9H16O.C9H16S.C7H13O2.C4H7Cl.C4H8O.BrH.Li/c1-13(2)6-5-7-15(4)12-19-20(17,18)16-10-8-14(3)9-11-16;1-14(2)8-6-9-15(3)10-7-13-18-16-11-4-5-12-17-16;1-10(2)6-5-7-11(3)8-12-9-13-4;3*1-8(2)5-4-6-9(3)7-10;1-2-8-7-5-3-4-6-9-7;1-4(2)3-5;1-2-4-5-3-1;;/h7-11H,1,5-6,12H2,2-4H3;9,16H,1,4-8,10-13H2,2-3H3;7H,1,5-6,8-9H2,2-4H3;6H,1,4-5,7,10H2,2-3H3;2*6,10H,1,4-5,7H2,2-3H3;7H,1-6H2;1,3H2,2H3;1-4H2;1H;/q;;;;;;-1;;;;+1/p-1/b15-7+;15-9+;11-7+;3*9-6+;;;;;. The molecule has 3 aliphatic heterocycles. The number of thiol groups is 1. The van der Waals surface area contributed by atoms with Crippen molar-refractivity contribution in [1.82, 2.24) is 0 Å². The third kappa shape index (κ3) is 91.7. The molecule has 3 N–H and O–H groups in total. The Bertz CT molecular complexity index is 2490. The summed E-state index contributed by atoms with van der Waals surface area (Å²) in [5.74, 6) is 2.24. The van der Waals surface area contributed by atoms with E-state index in [-0.39, 0.29) is 66.5 Å². The fraction of sp³-hybridized carbons (Fsp3) is 0.612. The van der Waals surface area contributed by atoms with Crippen LogP contribution in [0.2, 0.25) is 0 Å². The van der Waals surface area contributed by atoms with E-state index in [1.54, 1.807) is 36.0 Å². The van der Waals surface area contributed by atoms with Crippen LogP contribution < -0.4 is 41.6 Å². The zero-order valence-electron chi connectivity index (χ0n) is 67.6. The van der Waals surface area contributed by atoms with Gasteiger partial charge >= 0.3 is 18.9 Å². The zero-order valence-corrected chi connectivity index (χ0v) is 72.4. The van der Waals surface area contributed by atoms with Crippen LogP contribution in [0.25, 0.3) is 0 Å². The summed E-state index contributed by atoms with van der Waals surface area (Å²) in [6.45, 7) is 65.2. The number of rotatable bonds is 37. The summed E-state index contributed by atoms with van der Waals surface area (Å²) >= 11 is 11.1. The Morgan fingerprint density at radius 3 is 1.28 bits per heavy atom. The van der Waals surface area contributed by atoms with Gasteiger partial charge in [0, 0.05) is 44.6 Å². The van der Waals surface area contributed by atoms with Gasteiger partial charge in [0.05, 0.1) is 37.3 Å². The van der Waals surface area contributed by atoms with Crippen LogP contribution in [0.1, 0.15) is 237 Å². The van der Waals surface area contributed by atoms with Gasteiger partial charge < -0.3 is 63.2 Å². The second-order valence-electron chi connectivity index (χ2n) is 26.4. The number of aliphatic hydroxyl groups is 1. The topological polar surface area (TPSA) is 145 Å². The van der Waals surface area contributed by atoms with E-state index in [4.69, 9.17) is 55.0 Å². The Labute approximate surface area is 665 Å². The van der Waals surface area contributed by atoms with Gasteiger partial charge in [0.15, 0.2) is 12.6 Å². The van der Waals surface area contributed by atoms with Crippen molar-refractivity contribution in [1.29, 1.82) is 0 Å².